The summed E-state index contributed by atoms with van der Waals surface area (Å²) in [7, 11) is -2.05. The molecule has 3 rings (SSSR count). The molecule has 9 heteroatoms. The van der Waals surface area contributed by atoms with Crippen molar-refractivity contribution in [3.63, 3.8) is 0 Å². The Labute approximate surface area is 138 Å². The molecule has 7 nitrogen and oxygen atoms in total. The van der Waals surface area contributed by atoms with E-state index in [1.54, 1.807) is 37.0 Å². The van der Waals surface area contributed by atoms with Crippen LogP contribution in [0.25, 0.3) is 0 Å². The van der Waals surface area contributed by atoms with Gasteiger partial charge in [-0.25, -0.2) is 12.8 Å². The zero-order valence-corrected chi connectivity index (χ0v) is 14.0. The van der Waals surface area contributed by atoms with E-state index in [4.69, 9.17) is 0 Å². The normalized spacial score (nSPS) is 11.6. The van der Waals surface area contributed by atoms with Crippen LogP contribution in [0.1, 0.15) is 11.3 Å². The molecule has 2 heterocycles. The summed E-state index contributed by atoms with van der Waals surface area (Å²) in [6, 6.07) is 6.04. The number of hydrogen-bond donors (Lipinski definition) is 1. The molecule has 0 spiro atoms. The third-order valence-corrected chi connectivity index (χ3v) is 5.11. The number of sulfonamides is 1. The largest absolute Gasteiger partial charge is 0.276 e. The van der Waals surface area contributed by atoms with Crippen molar-refractivity contribution in [3.05, 3.63) is 59.9 Å². The molecule has 1 aromatic carbocycles. The highest BCUT2D eigenvalue weighted by atomic mass is 32.2. The molecule has 0 saturated heterocycles. The lowest BCUT2D eigenvalue weighted by molar-refractivity contribution is 0.600. The molecule has 126 valence electrons. The van der Waals surface area contributed by atoms with Crippen molar-refractivity contribution >= 4 is 15.7 Å². The van der Waals surface area contributed by atoms with E-state index in [0.717, 1.165) is 5.56 Å². The molecule has 2 aromatic heterocycles. The smallest absolute Gasteiger partial charge is 0.265 e. The molecular formula is C15H16FN5O2S. The Morgan fingerprint density at radius 3 is 2.50 bits per heavy atom. The Hall–Kier alpha value is -2.68. The predicted octanol–water partition coefficient (Wildman–Crippen LogP) is 1.91. The van der Waals surface area contributed by atoms with Gasteiger partial charge in [-0.3, -0.25) is 14.1 Å². The van der Waals surface area contributed by atoms with Gasteiger partial charge in [0, 0.05) is 13.2 Å². The summed E-state index contributed by atoms with van der Waals surface area (Å²) in [5.41, 5.74) is 1.75. The molecule has 0 fully saturated rings. The lowest BCUT2D eigenvalue weighted by atomic mass is 10.2. The molecule has 3 aromatic rings. The maximum absolute atomic E-state index is 12.9. The number of aromatic nitrogens is 4. The van der Waals surface area contributed by atoms with Gasteiger partial charge >= 0.3 is 0 Å². The van der Waals surface area contributed by atoms with Crippen LogP contribution in [-0.2, 0) is 23.6 Å². The number of nitrogens with zero attached hydrogens (tertiary/aromatic N) is 4. The van der Waals surface area contributed by atoms with Crippen molar-refractivity contribution < 1.29 is 12.8 Å². The number of hydrogen-bond acceptors (Lipinski definition) is 4. The summed E-state index contributed by atoms with van der Waals surface area (Å²) in [5.74, 6) is -0.306. The van der Waals surface area contributed by atoms with Crippen LogP contribution in [0.3, 0.4) is 0 Å². The third kappa shape index (κ3) is 3.30. The topological polar surface area (TPSA) is 81.8 Å². The minimum atomic E-state index is -3.72. The van der Waals surface area contributed by atoms with Crippen molar-refractivity contribution in [2.45, 2.75) is 18.4 Å². The summed E-state index contributed by atoms with van der Waals surface area (Å²) in [6.45, 7) is 2.09. The SMILES string of the molecule is Cc1c(S(=O)(=O)Nc2cnn(Cc3ccc(F)cc3)c2)cnn1C. The second-order valence-corrected chi connectivity index (χ2v) is 7.03. The van der Waals surface area contributed by atoms with E-state index >= 15 is 0 Å². The average molecular weight is 349 g/mol. The summed E-state index contributed by atoms with van der Waals surface area (Å²) in [4.78, 5) is 0.122. The van der Waals surface area contributed by atoms with Gasteiger partial charge in [-0.2, -0.15) is 10.2 Å². The first-order valence-corrected chi connectivity index (χ1v) is 8.62. The fourth-order valence-corrected chi connectivity index (χ4v) is 3.46. The number of halogens is 1. The zero-order chi connectivity index (χ0) is 17.3. The quantitative estimate of drug-likeness (QED) is 0.763. The first-order chi connectivity index (χ1) is 11.3. The van der Waals surface area contributed by atoms with E-state index in [9.17, 15) is 12.8 Å². The number of aryl methyl sites for hydroxylation is 1. The average Bonchev–Trinajstić information content (AvgIpc) is 3.09. The zero-order valence-electron chi connectivity index (χ0n) is 13.1. The summed E-state index contributed by atoms with van der Waals surface area (Å²) in [6.07, 6.45) is 4.31. The molecule has 0 bridgehead atoms. The highest BCUT2D eigenvalue weighted by Gasteiger charge is 2.20. The molecule has 0 aliphatic heterocycles. The Balaban J connectivity index is 1.76. The van der Waals surface area contributed by atoms with Crippen LogP contribution in [0.5, 0.6) is 0 Å². The minimum Gasteiger partial charge on any atom is -0.276 e. The lowest BCUT2D eigenvalue weighted by Crippen LogP contribution is -2.13. The van der Waals surface area contributed by atoms with Crippen LogP contribution < -0.4 is 4.72 Å². The van der Waals surface area contributed by atoms with Crippen LogP contribution >= 0.6 is 0 Å². The Bertz CT molecular complexity index is 960. The van der Waals surface area contributed by atoms with Crippen LogP contribution in [0, 0.1) is 12.7 Å². The standard InChI is InChI=1S/C15H16FN5O2S/c1-11-15(8-17-20(11)2)24(22,23)19-14-7-18-21(10-14)9-12-3-5-13(16)6-4-12/h3-8,10,19H,9H2,1-2H3. The maximum Gasteiger partial charge on any atom is 0.265 e. The molecule has 1 N–H and O–H groups in total. The molecule has 0 aliphatic rings. The first kappa shape index (κ1) is 16.2. The number of anilines is 1. The maximum atomic E-state index is 12.9. The fourth-order valence-electron chi connectivity index (χ4n) is 2.23. The summed E-state index contributed by atoms with van der Waals surface area (Å²) >= 11 is 0. The number of nitrogens with one attached hydrogen (secondary N) is 1. The Morgan fingerprint density at radius 2 is 1.88 bits per heavy atom. The van der Waals surface area contributed by atoms with Crippen molar-refractivity contribution in [1.82, 2.24) is 19.6 Å². The molecule has 0 radical (unpaired) electrons. The monoisotopic (exact) mass is 349 g/mol. The van der Waals surface area contributed by atoms with Gasteiger partial charge in [0.25, 0.3) is 10.0 Å². The van der Waals surface area contributed by atoms with Crippen LogP contribution in [0.15, 0.2) is 47.8 Å². The van der Waals surface area contributed by atoms with Crippen molar-refractivity contribution in [1.29, 1.82) is 0 Å². The summed E-state index contributed by atoms with van der Waals surface area (Å²) in [5, 5.41) is 8.05. The molecule has 0 saturated carbocycles. The Kier molecular flexibility index (Phi) is 4.10. The lowest BCUT2D eigenvalue weighted by Gasteiger charge is -2.05. The third-order valence-electron chi connectivity index (χ3n) is 3.62. The molecule has 0 unspecified atom stereocenters. The van der Waals surface area contributed by atoms with Gasteiger partial charge in [0.05, 0.1) is 30.3 Å². The molecule has 24 heavy (non-hydrogen) atoms. The van der Waals surface area contributed by atoms with Crippen molar-refractivity contribution in [3.8, 4) is 0 Å². The fraction of sp³-hybridized carbons (Fsp3) is 0.200. The second kappa shape index (κ2) is 6.08. The van der Waals surface area contributed by atoms with E-state index < -0.39 is 10.0 Å². The van der Waals surface area contributed by atoms with Crippen molar-refractivity contribution in [2.75, 3.05) is 4.72 Å². The van der Waals surface area contributed by atoms with Gasteiger partial charge in [0.1, 0.15) is 10.7 Å². The second-order valence-electron chi connectivity index (χ2n) is 5.38. The van der Waals surface area contributed by atoms with E-state index in [1.165, 1.54) is 29.2 Å². The van der Waals surface area contributed by atoms with E-state index in [1.807, 2.05) is 0 Å². The molecule has 0 aliphatic carbocycles. The van der Waals surface area contributed by atoms with Crippen LogP contribution in [-0.4, -0.2) is 28.0 Å². The first-order valence-electron chi connectivity index (χ1n) is 7.13. The molecule has 0 amide bonds. The van der Waals surface area contributed by atoms with Gasteiger partial charge < -0.3 is 0 Å². The Morgan fingerprint density at radius 1 is 1.17 bits per heavy atom. The predicted molar refractivity (Wildman–Crippen MR) is 86.5 cm³/mol. The van der Waals surface area contributed by atoms with Gasteiger partial charge in [-0.15, -0.1) is 0 Å². The van der Waals surface area contributed by atoms with Crippen molar-refractivity contribution in [2.24, 2.45) is 7.05 Å². The molecular weight excluding hydrogens is 333 g/mol. The van der Waals surface area contributed by atoms with E-state index in [2.05, 4.69) is 14.9 Å². The van der Waals surface area contributed by atoms with Gasteiger partial charge in [-0.05, 0) is 24.6 Å². The van der Waals surface area contributed by atoms with E-state index in [-0.39, 0.29) is 10.7 Å². The number of rotatable bonds is 5. The highest BCUT2D eigenvalue weighted by molar-refractivity contribution is 7.92. The van der Waals surface area contributed by atoms with Gasteiger partial charge in [0.15, 0.2) is 0 Å². The molecule has 0 atom stereocenters. The highest BCUT2D eigenvalue weighted by Crippen LogP contribution is 2.18. The number of benzene rings is 1. The van der Waals surface area contributed by atoms with Crippen LogP contribution in [0.2, 0.25) is 0 Å². The van der Waals surface area contributed by atoms with Gasteiger partial charge in [-0.1, -0.05) is 12.1 Å². The van der Waals surface area contributed by atoms with Gasteiger partial charge in [0.2, 0.25) is 0 Å². The summed E-state index contributed by atoms with van der Waals surface area (Å²) < 4.78 is 43.2. The van der Waals surface area contributed by atoms with E-state index in [0.29, 0.717) is 17.9 Å². The van der Waals surface area contributed by atoms with Crippen LogP contribution in [0.4, 0.5) is 10.1 Å². The minimum absolute atomic E-state index is 0.122.